The van der Waals surface area contributed by atoms with E-state index in [1.54, 1.807) is 13.8 Å². The van der Waals surface area contributed by atoms with Crippen molar-refractivity contribution in [2.24, 2.45) is 0 Å². The summed E-state index contributed by atoms with van der Waals surface area (Å²) in [6.45, 7) is 6.90. The number of carbonyl (C=O) groups excluding carboxylic acids is 2. The minimum absolute atomic E-state index is 0.228. The van der Waals surface area contributed by atoms with E-state index in [9.17, 15) is 9.59 Å². The molecule has 5 nitrogen and oxygen atoms in total. The number of fused-ring (bicyclic) bond motifs is 1. The van der Waals surface area contributed by atoms with Gasteiger partial charge in [-0.25, -0.2) is 4.79 Å². The minimum Gasteiger partial charge on any atom is -0.461 e. The van der Waals surface area contributed by atoms with E-state index in [4.69, 9.17) is 4.74 Å². The number of nitrogens with one attached hydrogen (secondary N) is 1. The summed E-state index contributed by atoms with van der Waals surface area (Å²) in [6, 6.07) is 7.20. The van der Waals surface area contributed by atoms with Gasteiger partial charge in [0.25, 0.3) is 0 Å². The van der Waals surface area contributed by atoms with Crippen LogP contribution in [0.4, 0.5) is 0 Å². The van der Waals surface area contributed by atoms with Crippen molar-refractivity contribution >= 4 is 50.5 Å². The Bertz CT molecular complexity index is 795. The Morgan fingerprint density at radius 2 is 2.04 bits per heavy atom. The second-order valence-electron chi connectivity index (χ2n) is 5.97. The molecule has 25 heavy (non-hydrogen) atoms. The van der Waals surface area contributed by atoms with E-state index in [2.05, 4.69) is 26.2 Å². The molecule has 2 aromatic rings. The fraction of sp³-hybridized carbons (Fsp3) is 0.389. The summed E-state index contributed by atoms with van der Waals surface area (Å²) < 4.78 is 6.21. The first kappa shape index (κ1) is 19.7. The van der Waals surface area contributed by atoms with Crippen LogP contribution in [0, 0.1) is 6.92 Å². The zero-order valence-electron chi connectivity index (χ0n) is 14.6. The third-order valence-electron chi connectivity index (χ3n) is 3.28. The third-order valence-corrected chi connectivity index (χ3v) is 4.92. The summed E-state index contributed by atoms with van der Waals surface area (Å²) in [5, 5.41) is 3.67. The molecular weight excluding hydrogens is 404 g/mol. The van der Waals surface area contributed by atoms with Gasteiger partial charge >= 0.3 is 5.97 Å². The largest absolute Gasteiger partial charge is 0.461 e. The van der Waals surface area contributed by atoms with Crippen molar-refractivity contribution in [2.75, 3.05) is 5.75 Å². The lowest BCUT2D eigenvalue weighted by Gasteiger charge is -2.18. The van der Waals surface area contributed by atoms with Crippen molar-refractivity contribution in [3.05, 3.63) is 34.4 Å². The first-order chi connectivity index (χ1) is 11.8. The Balaban J connectivity index is 2.24. The number of nitrogens with zero attached hydrogens (tertiary/aromatic N) is 1. The first-order valence-electron chi connectivity index (χ1n) is 7.93. The average molecular weight is 425 g/mol. The van der Waals surface area contributed by atoms with Crippen LogP contribution in [0.3, 0.4) is 0 Å². The van der Waals surface area contributed by atoms with E-state index in [0.717, 1.165) is 26.0 Å². The van der Waals surface area contributed by atoms with Gasteiger partial charge in [-0.2, -0.15) is 0 Å². The van der Waals surface area contributed by atoms with Gasteiger partial charge in [-0.3, -0.25) is 9.78 Å². The van der Waals surface area contributed by atoms with E-state index in [0.29, 0.717) is 5.75 Å². The van der Waals surface area contributed by atoms with Gasteiger partial charge in [-0.1, -0.05) is 15.9 Å². The lowest BCUT2D eigenvalue weighted by molar-refractivity contribution is -0.150. The Morgan fingerprint density at radius 1 is 1.32 bits per heavy atom. The molecule has 0 radical (unpaired) electrons. The number of esters is 1. The molecule has 0 unspecified atom stereocenters. The van der Waals surface area contributed by atoms with Crippen molar-refractivity contribution in [3.63, 3.8) is 0 Å². The van der Waals surface area contributed by atoms with Crippen LogP contribution in [0.5, 0.6) is 0 Å². The maximum absolute atomic E-state index is 12.2. The number of aryl methyl sites for hydroxylation is 1. The van der Waals surface area contributed by atoms with E-state index < -0.39 is 12.0 Å². The van der Waals surface area contributed by atoms with Gasteiger partial charge in [0.15, 0.2) is 0 Å². The molecule has 1 atom stereocenters. The zero-order valence-corrected chi connectivity index (χ0v) is 17.0. The molecule has 134 valence electrons. The fourth-order valence-corrected chi connectivity index (χ4v) is 3.81. The standard InChI is InChI=1S/C18H21BrN2O3S/c1-10(2)24-18(23)16(21-12(4)22)9-25-17-7-11(3)20-15-6-5-13(19)8-14(15)17/h5-8,10,16H,9H2,1-4H3,(H,21,22)/t16-/m1/s1. The molecule has 0 aliphatic heterocycles. The SMILES string of the molecule is CC(=O)N[C@H](CSc1cc(C)nc2ccc(Br)cc12)C(=O)OC(C)C. The number of aromatic nitrogens is 1. The molecule has 0 spiro atoms. The van der Waals surface area contributed by atoms with Gasteiger partial charge in [0.1, 0.15) is 6.04 Å². The highest BCUT2D eigenvalue weighted by Gasteiger charge is 2.22. The number of rotatable bonds is 6. The summed E-state index contributed by atoms with van der Waals surface area (Å²) in [5.41, 5.74) is 1.80. The van der Waals surface area contributed by atoms with Gasteiger partial charge in [0.2, 0.25) is 5.91 Å². The van der Waals surface area contributed by atoms with Crippen LogP contribution in [0.2, 0.25) is 0 Å². The van der Waals surface area contributed by atoms with Crippen molar-refractivity contribution < 1.29 is 14.3 Å². The summed E-state index contributed by atoms with van der Waals surface area (Å²) in [5.74, 6) is -0.297. The van der Waals surface area contributed by atoms with E-state index in [-0.39, 0.29) is 12.0 Å². The molecule has 7 heteroatoms. The van der Waals surface area contributed by atoms with Crippen LogP contribution in [-0.2, 0) is 14.3 Å². The molecule has 0 fully saturated rings. The smallest absolute Gasteiger partial charge is 0.329 e. The van der Waals surface area contributed by atoms with Crippen LogP contribution >= 0.6 is 27.7 Å². The van der Waals surface area contributed by atoms with Crippen molar-refractivity contribution in [1.29, 1.82) is 0 Å². The number of thioether (sulfide) groups is 1. The van der Waals surface area contributed by atoms with E-state index in [1.165, 1.54) is 18.7 Å². The van der Waals surface area contributed by atoms with Gasteiger partial charge < -0.3 is 10.1 Å². The number of carbonyl (C=O) groups is 2. The van der Waals surface area contributed by atoms with E-state index in [1.807, 2.05) is 31.2 Å². The molecule has 0 bridgehead atoms. The summed E-state index contributed by atoms with van der Waals surface area (Å²) in [6.07, 6.45) is -0.228. The molecule has 0 aliphatic carbocycles. The number of hydrogen-bond donors (Lipinski definition) is 1. The number of hydrogen-bond acceptors (Lipinski definition) is 5. The van der Waals surface area contributed by atoms with Crippen molar-refractivity contribution in [1.82, 2.24) is 10.3 Å². The molecule has 1 amide bonds. The highest BCUT2D eigenvalue weighted by atomic mass is 79.9. The monoisotopic (exact) mass is 424 g/mol. The molecule has 1 N–H and O–H groups in total. The topological polar surface area (TPSA) is 68.3 Å². The first-order valence-corrected chi connectivity index (χ1v) is 9.71. The number of pyridine rings is 1. The maximum Gasteiger partial charge on any atom is 0.329 e. The molecule has 1 aromatic carbocycles. The quantitative estimate of drug-likeness (QED) is 0.563. The molecule has 0 saturated carbocycles. The summed E-state index contributed by atoms with van der Waals surface area (Å²) in [7, 11) is 0. The van der Waals surface area contributed by atoms with Crippen LogP contribution < -0.4 is 5.32 Å². The Hall–Kier alpha value is -1.60. The van der Waals surface area contributed by atoms with Gasteiger partial charge in [-0.15, -0.1) is 11.8 Å². The molecule has 1 aromatic heterocycles. The zero-order chi connectivity index (χ0) is 18.6. The number of benzene rings is 1. The average Bonchev–Trinajstić information content (AvgIpc) is 2.50. The fourth-order valence-electron chi connectivity index (χ4n) is 2.31. The molecular formula is C18H21BrN2O3S. The highest BCUT2D eigenvalue weighted by Crippen LogP contribution is 2.30. The second-order valence-corrected chi connectivity index (χ2v) is 7.95. The summed E-state index contributed by atoms with van der Waals surface area (Å²) >= 11 is 4.98. The minimum atomic E-state index is -0.694. The number of halogens is 1. The van der Waals surface area contributed by atoms with Gasteiger partial charge in [-0.05, 0) is 45.0 Å². The maximum atomic E-state index is 12.2. The molecule has 2 rings (SSSR count). The lowest BCUT2D eigenvalue weighted by atomic mass is 10.2. The van der Waals surface area contributed by atoms with Gasteiger partial charge in [0.05, 0.1) is 11.6 Å². The lowest BCUT2D eigenvalue weighted by Crippen LogP contribution is -2.43. The predicted octanol–water partition coefficient (Wildman–Crippen LogP) is 3.85. The molecule has 1 heterocycles. The Labute approximate surface area is 160 Å². The number of ether oxygens (including phenoxy) is 1. The van der Waals surface area contributed by atoms with Gasteiger partial charge in [0, 0.05) is 33.1 Å². The van der Waals surface area contributed by atoms with Crippen LogP contribution in [0.1, 0.15) is 26.5 Å². The molecule has 0 saturated heterocycles. The third kappa shape index (κ3) is 5.71. The van der Waals surface area contributed by atoms with Crippen LogP contribution in [0.25, 0.3) is 10.9 Å². The Morgan fingerprint density at radius 3 is 2.68 bits per heavy atom. The summed E-state index contributed by atoms with van der Waals surface area (Å²) in [4.78, 5) is 29.2. The molecule has 0 aliphatic rings. The van der Waals surface area contributed by atoms with Crippen LogP contribution in [-0.4, -0.2) is 34.8 Å². The number of amides is 1. The van der Waals surface area contributed by atoms with Crippen molar-refractivity contribution in [2.45, 2.75) is 44.7 Å². The van der Waals surface area contributed by atoms with Crippen LogP contribution in [0.15, 0.2) is 33.6 Å². The highest BCUT2D eigenvalue weighted by molar-refractivity contribution is 9.10. The van der Waals surface area contributed by atoms with E-state index >= 15 is 0 Å². The van der Waals surface area contributed by atoms with Crippen molar-refractivity contribution in [3.8, 4) is 0 Å². The Kier molecular flexibility index (Phi) is 6.84. The normalized spacial score (nSPS) is 12.2. The predicted molar refractivity (Wildman–Crippen MR) is 104 cm³/mol. The second kappa shape index (κ2) is 8.67.